The monoisotopic (exact) mass is 368 g/mol. The normalized spacial score (nSPS) is 17.4. The Kier molecular flexibility index (Phi) is 4.04. The largest absolute Gasteiger partial charge is 0.511 e. The van der Waals surface area contributed by atoms with Gasteiger partial charge in [0, 0.05) is 10.0 Å². The summed E-state index contributed by atoms with van der Waals surface area (Å²) in [6.45, 7) is 0. The topological polar surface area (TPSA) is 65.0 Å². The van der Waals surface area contributed by atoms with E-state index in [0.717, 1.165) is 6.08 Å². The molecule has 1 aliphatic heterocycles. The molecule has 1 heterocycles. The number of ether oxygens (including phenoxy) is 3. The number of benzene rings is 1. The van der Waals surface area contributed by atoms with Crippen molar-refractivity contribution in [2.75, 3.05) is 7.11 Å². The SMILES string of the molecule is COc1cc(Br)cc2c1OC(C(F)(F)F)C(OC(=O)O)=C2. The predicted molar refractivity (Wildman–Crippen MR) is 68.3 cm³/mol. The van der Waals surface area contributed by atoms with Crippen LogP contribution in [0.5, 0.6) is 11.5 Å². The molecule has 1 unspecified atom stereocenters. The highest BCUT2D eigenvalue weighted by atomic mass is 79.9. The number of alkyl halides is 3. The van der Waals surface area contributed by atoms with Crippen LogP contribution >= 0.6 is 15.9 Å². The van der Waals surface area contributed by atoms with E-state index in [0.29, 0.717) is 4.47 Å². The fraction of sp³-hybridized carbons (Fsp3) is 0.250. The first kappa shape index (κ1) is 15.5. The van der Waals surface area contributed by atoms with Gasteiger partial charge in [-0.15, -0.1) is 0 Å². The zero-order chi connectivity index (χ0) is 15.8. The van der Waals surface area contributed by atoms with Gasteiger partial charge in [-0.1, -0.05) is 15.9 Å². The number of hydrogen-bond donors (Lipinski definition) is 1. The molecule has 0 bridgehead atoms. The highest BCUT2D eigenvalue weighted by Crippen LogP contribution is 2.43. The van der Waals surface area contributed by atoms with Gasteiger partial charge in [0.2, 0.25) is 0 Å². The van der Waals surface area contributed by atoms with Crippen LogP contribution in [-0.4, -0.2) is 30.7 Å². The standard InChI is InChI=1S/C12H8BrF3O5/c1-19-7-4-6(13)2-5-3-8(20-11(17)18)10(12(14,15)16)21-9(5)7/h2-4,10H,1H3,(H,17,18). The predicted octanol–water partition coefficient (Wildman–Crippen LogP) is 3.82. The average molecular weight is 369 g/mol. The molecule has 21 heavy (non-hydrogen) atoms. The van der Waals surface area contributed by atoms with E-state index in [1.807, 2.05) is 0 Å². The number of carboxylic acid groups (broad SMARTS) is 1. The van der Waals surface area contributed by atoms with Gasteiger partial charge in [0.25, 0.3) is 6.10 Å². The average Bonchev–Trinajstić information content (AvgIpc) is 2.34. The third-order valence-corrected chi connectivity index (χ3v) is 3.02. The van der Waals surface area contributed by atoms with Gasteiger partial charge in [0.1, 0.15) is 0 Å². The quantitative estimate of drug-likeness (QED) is 0.804. The molecule has 1 aromatic rings. The van der Waals surface area contributed by atoms with Crippen LogP contribution in [0.15, 0.2) is 22.4 Å². The second-order valence-electron chi connectivity index (χ2n) is 3.98. The Morgan fingerprint density at radius 1 is 1.43 bits per heavy atom. The van der Waals surface area contributed by atoms with Gasteiger partial charge in [-0.25, -0.2) is 4.79 Å². The molecule has 0 aliphatic carbocycles. The van der Waals surface area contributed by atoms with E-state index in [-0.39, 0.29) is 17.1 Å². The first-order valence-corrected chi connectivity index (χ1v) is 6.25. The Balaban J connectivity index is 2.56. The summed E-state index contributed by atoms with van der Waals surface area (Å²) < 4.78 is 53.4. The lowest BCUT2D eigenvalue weighted by Gasteiger charge is -2.28. The molecule has 0 spiro atoms. The Morgan fingerprint density at radius 2 is 2.10 bits per heavy atom. The van der Waals surface area contributed by atoms with E-state index in [4.69, 9.17) is 14.6 Å². The van der Waals surface area contributed by atoms with Crippen molar-refractivity contribution < 1.29 is 37.3 Å². The fourth-order valence-corrected chi connectivity index (χ4v) is 2.25. The van der Waals surface area contributed by atoms with E-state index in [9.17, 15) is 18.0 Å². The Bertz CT molecular complexity index is 612. The van der Waals surface area contributed by atoms with Gasteiger partial charge < -0.3 is 19.3 Å². The lowest BCUT2D eigenvalue weighted by molar-refractivity contribution is -0.192. The Labute approximate surface area is 125 Å². The summed E-state index contributed by atoms with van der Waals surface area (Å²) in [4.78, 5) is 10.5. The number of halogens is 4. The molecule has 114 valence electrons. The molecule has 0 saturated heterocycles. The minimum Gasteiger partial charge on any atom is -0.493 e. The van der Waals surface area contributed by atoms with Crippen molar-refractivity contribution in [3.63, 3.8) is 0 Å². The lowest BCUT2D eigenvalue weighted by Crippen LogP contribution is -2.39. The van der Waals surface area contributed by atoms with E-state index in [1.54, 1.807) is 0 Å². The molecule has 0 amide bonds. The van der Waals surface area contributed by atoms with Crippen LogP contribution in [0.4, 0.5) is 18.0 Å². The molecular weight excluding hydrogens is 361 g/mol. The van der Waals surface area contributed by atoms with Crippen LogP contribution in [0.3, 0.4) is 0 Å². The van der Waals surface area contributed by atoms with Gasteiger partial charge in [0.05, 0.1) is 7.11 Å². The zero-order valence-corrected chi connectivity index (χ0v) is 12.0. The van der Waals surface area contributed by atoms with Crippen molar-refractivity contribution in [2.24, 2.45) is 0 Å². The summed E-state index contributed by atoms with van der Waals surface area (Å²) in [7, 11) is 1.28. The van der Waals surface area contributed by atoms with E-state index in [2.05, 4.69) is 20.7 Å². The van der Waals surface area contributed by atoms with Gasteiger partial charge in [-0.2, -0.15) is 13.2 Å². The van der Waals surface area contributed by atoms with Gasteiger partial charge >= 0.3 is 12.3 Å². The minimum absolute atomic E-state index is 0.0826. The Hall–Kier alpha value is -1.90. The van der Waals surface area contributed by atoms with Crippen LogP contribution in [0.2, 0.25) is 0 Å². The van der Waals surface area contributed by atoms with Crippen LogP contribution in [0, 0.1) is 0 Å². The molecule has 5 nitrogen and oxygen atoms in total. The molecule has 2 rings (SSSR count). The summed E-state index contributed by atoms with van der Waals surface area (Å²) >= 11 is 3.16. The smallest absolute Gasteiger partial charge is 0.493 e. The first-order valence-electron chi connectivity index (χ1n) is 5.45. The summed E-state index contributed by atoms with van der Waals surface area (Å²) in [5, 5.41) is 8.53. The maximum Gasteiger partial charge on any atom is 0.511 e. The molecule has 1 atom stereocenters. The second kappa shape index (κ2) is 5.47. The lowest BCUT2D eigenvalue weighted by atomic mass is 10.1. The number of methoxy groups -OCH3 is 1. The molecule has 0 saturated carbocycles. The number of carbonyl (C=O) groups is 1. The van der Waals surface area contributed by atoms with E-state index in [1.165, 1.54) is 19.2 Å². The Morgan fingerprint density at radius 3 is 2.62 bits per heavy atom. The molecule has 0 radical (unpaired) electrons. The summed E-state index contributed by atoms with van der Waals surface area (Å²) in [5.41, 5.74) is 0.206. The number of rotatable bonds is 2. The third-order valence-electron chi connectivity index (χ3n) is 2.56. The molecule has 0 fully saturated rings. The van der Waals surface area contributed by atoms with E-state index >= 15 is 0 Å². The second-order valence-corrected chi connectivity index (χ2v) is 4.90. The van der Waals surface area contributed by atoms with Crippen molar-refractivity contribution in [2.45, 2.75) is 12.3 Å². The van der Waals surface area contributed by atoms with Crippen LogP contribution in [-0.2, 0) is 4.74 Å². The van der Waals surface area contributed by atoms with Crippen molar-refractivity contribution in [1.29, 1.82) is 0 Å². The molecule has 9 heteroatoms. The van der Waals surface area contributed by atoms with Crippen molar-refractivity contribution in [1.82, 2.24) is 0 Å². The highest BCUT2D eigenvalue weighted by molar-refractivity contribution is 9.10. The zero-order valence-electron chi connectivity index (χ0n) is 10.4. The molecule has 1 N–H and O–H groups in total. The summed E-state index contributed by atoms with van der Waals surface area (Å²) in [5.74, 6) is -0.914. The summed E-state index contributed by atoms with van der Waals surface area (Å²) in [6, 6.07) is 2.89. The fourth-order valence-electron chi connectivity index (χ4n) is 1.79. The van der Waals surface area contributed by atoms with Crippen molar-refractivity contribution >= 4 is 28.2 Å². The number of hydrogen-bond acceptors (Lipinski definition) is 4. The molecule has 1 aromatic carbocycles. The van der Waals surface area contributed by atoms with Gasteiger partial charge in [-0.3, -0.25) is 0 Å². The maximum atomic E-state index is 13.0. The van der Waals surface area contributed by atoms with Crippen LogP contribution in [0.1, 0.15) is 5.56 Å². The highest BCUT2D eigenvalue weighted by Gasteiger charge is 2.48. The maximum absolute atomic E-state index is 13.0. The van der Waals surface area contributed by atoms with Crippen molar-refractivity contribution in [3.8, 4) is 11.5 Å². The molecule has 1 aliphatic rings. The minimum atomic E-state index is -4.84. The number of fused-ring (bicyclic) bond motifs is 1. The first-order chi connectivity index (χ1) is 9.72. The van der Waals surface area contributed by atoms with Gasteiger partial charge in [-0.05, 0) is 18.2 Å². The van der Waals surface area contributed by atoms with E-state index < -0.39 is 24.2 Å². The summed E-state index contributed by atoms with van der Waals surface area (Å²) in [6.07, 6.45) is -8.25. The molecule has 0 aromatic heterocycles. The van der Waals surface area contributed by atoms with Crippen LogP contribution < -0.4 is 9.47 Å². The third kappa shape index (κ3) is 3.23. The van der Waals surface area contributed by atoms with Gasteiger partial charge in [0.15, 0.2) is 17.3 Å². The van der Waals surface area contributed by atoms with Crippen molar-refractivity contribution in [3.05, 3.63) is 27.9 Å². The molecular formula is C12H8BrF3O5. The van der Waals surface area contributed by atoms with Crippen LogP contribution in [0.25, 0.3) is 6.08 Å².